The van der Waals surface area contributed by atoms with Gasteiger partial charge in [0.1, 0.15) is 0 Å². The van der Waals surface area contributed by atoms with Crippen molar-refractivity contribution >= 4 is 27.6 Å². The molecule has 0 saturated heterocycles. The Kier molecular flexibility index (Phi) is 6.87. The van der Waals surface area contributed by atoms with Crippen molar-refractivity contribution in [1.29, 1.82) is 0 Å². The van der Waals surface area contributed by atoms with Crippen molar-refractivity contribution in [3.05, 3.63) is 12.4 Å². The van der Waals surface area contributed by atoms with Gasteiger partial charge in [0.25, 0.3) is 0 Å². The lowest BCUT2D eigenvalue weighted by Gasteiger charge is -2.19. The highest BCUT2D eigenvalue weighted by molar-refractivity contribution is 7.89. The molecule has 0 unspecified atom stereocenters. The van der Waals surface area contributed by atoms with Crippen LogP contribution in [0.5, 0.6) is 0 Å². The number of ether oxygens (including phenoxy) is 1. The third-order valence-corrected chi connectivity index (χ3v) is 4.59. The van der Waals surface area contributed by atoms with Crippen LogP contribution >= 0.6 is 0 Å². The first-order valence-corrected chi connectivity index (χ1v) is 8.78. The quantitative estimate of drug-likeness (QED) is 0.481. The lowest BCUT2D eigenvalue weighted by Crippen LogP contribution is -2.36. The number of rotatable bonds is 10. The number of aromatic nitrogens is 2. The minimum Gasteiger partial charge on any atom is -0.479 e. The molecule has 0 aromatic carbocycles. The number of methoxy groups -OCH3 is 1. The number of nitrogens with zero attached hydrogens (tertiary/aromatic N) is 2. The molecular formula is C13H22N4O6S. The molecule has 0 aliphatic carbocycles. The molecular weight excluding hydrogens is 340 g/mol. The van der Waals surface area contributed by atoms with Crippen LogP contribution in [0.25, 0.3) is 0 Å². The maximum atomic E-state index is 11.8. The van der Waals surface area contributed by atoms with Gasteiger partial charge < -0.3 is 15.2 Å². The van der Waals surface area contributed by atoms with Crippen molar-refractivity contribution in [3.8, 4) is 0 Å². The van der Waals surface area contributed by atoms with E-state index in [1.807, 2.05) is 0 Å². The average Bonchev–Trinajstić information content (AvgIpc) is 2.94. The Balaban J connectivity index is 2.55. The molecule has 1 aromatic heterocycles. The fourth-order valence-electron chi connectivity index (χ4n) is 1.64. The van der Waals surface area contributed by atoms with Crippen molar-refractivity contribution in [3.63, 3.8) is 0 Å². The number of carbonyl (C=O) groups is 2. The number of carbonyl (C=O) groups excluding carboxylic acids is 1. The summed E-state index contributed by atoms with van der Waals surface area (Å²) in [5, 5.41) is 15.5. The standard InChI is InChI=1S/C13H22N4O6S/c1-13(2,12(19)20)17-9-10(7-14-17)16-11(18)8-15-24(21,22)6-4-5-23-3/h7,9,15H,4-6,8H2,1-3H3,(H,16,18)(H,19,20). The van der Waals surface area contributed by atoms with Crippen LogP contribution in [-0.4, -0.2) is 61.2 Å². The second-order valence-corrected chi connectivity index (χ2v) is 7.50. The molecule has 0 spiro atoms. The Morgan fingerprint density at radius 2 is 2.08 bits per heavy atom. The lowest BCUT2D eigenvalue weighted by molar-refractivity contribution is -0.146. The minimum absolute atomic E-state index is 0.140. The van der Waals surface area contributed by atoms with Crippen molar-refractivity contribution < 1.29 is 27.9 Å². The number of nitrogens with one attached hydrogen (secondary N) is 2. The fourth-order valence-corrected chi connectivity index (χ4v) is 2.63. The number of aliphatic carboxylic acids is 1. The highest BCUT2D eigenvalue weighted by atomic mass is 32.2. The van der Waals surface area contributed by atoms with Crippen LogP contribution in [0.1, 0.15) is 20.3 Å². The summed E-state index contributed by atoms with van der Waals surface area (Å²) in [6.45, 7) is 2.80. The highest BCUT2D eigenvalue weighted by Crippen LogP contribution is 2.17. The lowest BCUT2D eigenvalue weighted by atomic mass is 10.1. The van der Waals surface area contributed by atoms with Crippen LogP contribution in [-0.2, 0) is 29.9 Å². The normalized spacial score (nSPS) is 12.1. The van der Waals surface area contributed by atoms with Gasteiger partial charge in [0.15, 0.2) is 5.54 Å². The first kappa shape index (κ1) is 20.1. The Hall–Kier alpha value is -1.98. The Labute approximate surface area is 140 Å². The van der Waals surface area contributed by atoms with Gasteiger partial charge in [-0.25, -0.2) is 17.9 Å². The van der Waals surface area contributed by atoms with Gasteiger partial charge >= 0.3 is 5.97 Å². The smallest absolute Gasteiger partial charge is 0.331 e. The monoisotopic (exact) mass is 362 g/mol. The fraction of sp³-hybridized carbons (Fsp3) is 0.615. The van der Waals surface area contributed by atoms with Gasteiger partial charge in [-0.2, -0.15) is 5.10 Å². The predicted molar refractivity (Wildman–Crippen MR) is 86.1 cm³/mol. The second kappa shape index (κ2) is 8.22. The SMILES string of the molecule is COCCCS(=O)(=O)NCC(=O)Nc1cnn(C(C)(C)C(=O)O)c1. The maximum absolute atomic E-state index is 11.8. The number of hydrogen-bond donors (Lipinski definition) is 3. The number of hydrogen-bond acceptors (Lipinski definition) is 6. The van der Waals surface area contributed by atoms with Gasteiger partial charge in [0.05, 0.1) is 24.2 Å². The maximum Gasteiger partial charge on any atom is 0.331 e. The Morgan fingerprint density at radius 3 is 2.67 bits per heavy atom. The van der Waals surface area contributed by atoms with Gasteiger partial charge in [-0.15, -0.1) is 0 Å². The molecule has 11 heteroatoms. The molecule has 0 fully saturated rings. The molecule has 0 aliphatic rings. The molecule has 3 N–H and O–H groups in total. The third-order valence-electron chi connectivity index (χ3n) is 3.18. The molecule has 0 saturated carbocycles. The molecule has 136 valence electrons. The minimum atomic E-state index is -3.56. The average molecular weight is 362 g/mol. The third kappa shape index (κ3) is 5.91. The molecule has 0 bridgehead atoms. The van der Waals surface area contributed by atoms with E-state index in [-0.39, 0.29) is 11.4 Å². The second-order valence-electron chi connectivity index (χ2n) is 5.57. The topological polar surface area (TPSA) is 140 Å². The summed E-state index contributed by atoms with van der Waals surface area (Å²) in [6.07, 6.45) is 2.97. The Morgan fingerprint density at radius 1 is 1.42 bits per heavy atom. The summed E-state index contributed by atoms with van der Waals surface area (Å²) in [6, 6.07) is 0. The van der Waals surface area contributed by atoms with Crippen LogP contribution in [0.15, 0.2) is 12.4 Å². The Bertz CT molecular complexity index is 682. The zero-order valence-electron chi connectivity index (χ0n) is 13.8. The number of carboxylic acids is 1. The van der Waals surface area contributed by atoms with Gasteiger partial charge in [-0.1, -0.05) is 0 Å². The molecule has 1 aromatic rings. The van der Waals surface area contributed by atoms with E-state index in [2.05, 4.69) is 15.1 Å². The number of carboxylic acid groups (broad SMARTS) is 1. The van der Waals surface area contributed by atoms with Crippen molar-refractivity contribution in [2.75, 3.05) is 31.3 Å². The first-order chi connectivity index (χ1) is 11.1. The predicted octanol–water partition coefficient (Wildman–Crippen LogP) is -0.403. The summed E-state index contributed by atoms with van der Waals surface area (Å²) >= 11 is 0. The summed E-state index contributed by atoms with van der Waals surface area (Å²) in [4.78, 5) is 22.9. The molecule has 0 aliphatic heterocycles. The molecule has 0 radical (unpaired) electrons. The first-order valence-electron chi connectivity index (χ1n) is 7.13. The van der Waals surface area contributed by atoms with E-state index in [0.717, 1.165) is 0 Å². The van der Waals surface area contributed by atoms with Crippen LogP contribution in [0.4, 0.5) is 5.69 Å². The summed E-state index contributed by atoms with van der Waals surface area (Å²) in [7, 11) is -2.09. The van der Waals surface area contributed by atoms with Crippen molar-refractivity contribution in [1.82, 2.24) is 14.5 Å². The molecule has 0 atom stereocenters. The van der Waals surface area contributed by atoms with E-state index in [4.69, 9.17) is 9.84 Å². The summed E-state index contributed by atoms with van der Waals surface area (Å²) in [5.74, 6) is -1.80. The largest absolute Gasteiger partial charge is 0.479 e. The molecule has 1 heterocycles. The molecule has 24 heavy (non-hydrogen) atoms. The van der Waals surface area contributed by atoms with Crippen LogP contribution in [0, 0.1) is 0 Å². The summed E-state index contributed by atoms with van der Waals surface area (Å²) < 4.78 is 31.4. The zero-order valence-corrected chi connectivity index (χ0v) is 14.6. The van der Waals surface area contributed by atoms with Crippen LogP contribution < -0.4 is 10.0 Å². The molecule has 1 amide bonds. The number of anilines is 1. The van der Waals surface area contributed by atoms with Gasteiger partial charge in [0, 0.05) is 19.9 Å². The van der Waals surface area contributed by atoms with E-state index in [1.165, 1.54) is 38.0 Å². The number of amides is 1. The van der Waals surface area contributed by atoms with E-state index < -0.39 is 34.0 Å². The van der Waals surface area contributed by atoms with E-state index in [1.54, 1.807) is 0 Å². The summed E-state index contributed by atoms with van der Waals surface area (Å²) in [5.41, 5.74) is -1.00. The van der Waals surface area contributed by atoms with Crippen molar-refractivity contribution in [2.24, 2.45) is 0 Å². The van der Waals surface area contributed by atoms with E-state index >= 15 is 0 Å². The van der Waals surface area contributed by atoms with Crippen LogP contribution in [0.2, 0.25) is 0 Å². The molecule has 10 nitrogen and oxygen atoms in total. The highest BCUT2D eigenvalue weighted by Gasteiger charge is 2.30. The molecule has 1 rings (SSSR count). The number of sulfonamides is 1. The van der Waals surface area contributed by atoms with E-state index in [0.29, 0.717) is 13.0 Å². The van der Waals surface area contributed by atoms with E-state index in [9.17, 15) is 18.0 Å². The van der Waals surface area contributed by atoms with Crippen molar-refractivity contribution in [2.45, 2.75) is 25.8 Å². The zero-order chi connectivity index (χ0) is 18.4. The van der Waals surface area contributed by atoms with Gasteiger partial charge in [-0.3, -0.25) is 9.48 Å². The van der Waals surface area contributed by atoms with Gasteiger partial charge in [-0.05, 0) is 20.3 Å². The van der Waals surface area contributed by atoms with Gasteiger partial charge in [0.2, 0.25) is 15.9 Å². The van der Waals surface area contributed by atoms with Crippen LogP contribution in [0.3, 0.4) is 0 Å².